The Labute approximate surface area is 140 Å². The van der Waals surface area contributed by atoms with Crippen molar-refractivity contribution in [3.05, 3.63) is 21.6 Å². The Bertz CT molecular complexity index is 283. The van der Waals surface area contributed by atoms with Crippen molar-refractivity contribution in [1.82, 2.24) is 0 Å². The summed E-state index contributed by atoms with van der Waals surface area (Å²) in [4.78, 5) is 18.5. The summed E-state index contributed by atoms with van der Waals surface area (Å²) >= 11 is 0. The second kappa shape index (κ2) is 11.2. The molecule has 0 aromatic carbocycles. The number of ether oxygens (including phenoxy) is 1. The van der Waals surface area contributed by atoms with Crippen LogP contribution in [0, 0.1) is 10.1 Å². The Morgan fingerprint density at radius 1 is 1.47 bits per heavy atom. The summed E-state index contributed by atoms with van der Waals surface area (Å²) < 4.78 is 4.25. The molecule has 0 aromatic heterocycles. The van der Waals surface area contributed by atoms with Crippen molar-refractivity contribution < 1.29 is 89.1 Å². The van der Waals surface area contributed by atoms with Gasteiger partial charge in [-0.05, 0) is 0 Å². The first-order valence-corrected chi connectivity index (χ1v) is 3.54. The van der Waals surface area contributed by atoms with Crippen LogP contribution in [0.4, 0.5) is 0 Å². The molecule has 11 heteroatoms. The van der Waals surface area contributed by atoms with E-state index >= 15 is 0 Å². The largest absolute Gasteiger partial charge is 1.00 e. The van der Waals surface area contributed by atoms with Crippen LogP contribution in [0.1, 0.15) is 0 Å². The van der Waals surface area contributed by atoms with Gasteiger partial charge in [0.25, 0.3) is 0 Å². The second-order valence-corrected chi connectivity index (χ2v) is 2.36. The van der Waals surface area contributed by atoms with E-state index < -0.39 is 36.3 Å². The quantitative estimate of drug-likeness (QED) is 0.192. The molecule has 86 valence electrons. The molecule has 1 rings (SSSR count). The summed E-state index contributed by atoms with van der Waals surface area (Å²) in [5.74, 6) is -3.25. The molecular weight excluding hydrogens is 260 g/mol. The Hall–Kier alpha value is 0.130. The number of hydrogen-bond acceptors (Lipinski definition) is 9. The second-order valence-electron chi connectivity index (χ2n) is 2.36. The summed E-state index contributed by atoms with van der Waals surface area (Å²) in [6.45, 7) is -0.699. The molecule has 0 saturated heterocycles. The molecule has 0 aliphatic carbocycles. The third-order valence-corrected chi connectivity index (χ3v) is 1.46. The summed E-state index contributed by atoms with van der Waals surface area (Å²) in [6, 6.07) is 0. The Morgan fingerprint density at radius 3 is 2.12 bits per heavy atom. The Morgan fingerprint density at radius 2 is 1.88 bits per heavy atom. The minimum atomic E-state index is -1.46. The van der Waals surface area contributed by atoms with E-state index in [1.807, 2.05) is 0 Å². The topological polar surface area (TPSA) is 163 Å². The van der Waals surface area contributed by atoms with Crippen molar-refractivity contribution in [3.63, 3.8) is 0 Å². The third-order valence-electron chi connectivity index (χ3n) is 1.46. The van der Waals surface area contributed by atoms with Gasteiger partial charge in [0, 0.05) is 5.76 Å². The van der Waals surface area contributed by atoms with Gasteiger partial charge in [0.2, 0.25) is 0 Å². The van der Waals surface area contributed by atoms with Crippen molar-refractivity contribution in [1.29, 1.82) is 0 Å². The van der Waals surface area contributed by atoms with Gasteiger partial charge in [-0.15, -0.1) is 5.34 Å². The summed E-state index contributed by atoms with van der Waals surface area (Å²) in [7, 11) is 0. The van der Waals surface area contributed by atoms with Crippen LogP contribution in [0.5, 0.6) is 0 Å². The molecule has 3 N–H and O–H groups in total. The van der Waals surface area contributed by atoms with Crippen LogP contribution < -0.4 is 64.2 Å². The molecule has 1 heterocycles. The number of aliphatic hydroxyl groups is 3. The van der Waals surface area contributed by atoms with Gasteiger partial charge in [-0.3, -0.25) is 0 Å². The standard InChI is InChI=1S/C6H8O6.HNO2.2Na/c7-1-2(8)5-3(9)4(10)6(11)12-5;2-1-3;;/h2,5,7-10H,1H2;(H,2,3);;/q;;2*+1/p-2/t2-,5+;;;/m0.../s1. The molecular formula is C6H7NNa2O8. The van der Waals surface area contributed by atoms with Crippen LogP contribution in [-0.2, 0) is 9.53 Å². The van der Waals surface area contributed by atoms with E-state index in [4.69, 9.17) is 25.4 Å². The van der Waals surface area contributed by atoms with Crippen molar-refractivity contribution in [2.45, 2.75) is 12.2 Å². The number of hydrogen-bond donors (Lipinski definition) is 3. The van der Waals surface area contributed by atoms with Crippen LogP contribution in [0.25, 0.3) is 0 Å². The predicted octanol–water partition coefficient (Wildman–Crippen LogP) is -8.35. The van der Waals surface area contributed by atoms with Crippen LogP contribution in [-0.4, -0.2) is 40.1 Å². The fraction of sp³-hybridized carbons (Fsp3) is 0.500. The summed E-state index contributed by atoms with van der Waals surface area (Å²) in [5, 5.41) is 45.8. The number of rotatable bonds is 2. The molecule has 0 unspecified atom stereocenters. The molecule has 0 saturated carbocycles. The number of aliphatic hydroxyl groups excluding tert-OH is 3. The number of carbonyl (C=O) groups excluding carboxylic acids is 1. The van der Waals surface area contributed by atoms with Gasteiger partial charge >= 0.3 is 65.1 Å². The van der Waals surface area contributed by atoms with E-state index in [1.54, 1.807) is 0 Å². The summed E-state index contributed by atoms with van der Waals surface area (Å²) in [5.41, 5.74) is 0. The van der Waals surface area contributed by atoms with Gasteiger partial charge in [0.05, 0.1) is 6.61 Å². The van der Waals surface area contributed by atoms with E-state index in [2.05, 4.69) is 4.74 Å². The van der Waals surface area contributed by atoms with Crippen LogP contribution in [0.2, 0.25) is 0 Å². The van der Waals surface area contributed by atoms with Crippen LogP contribution in [0.15, 0.2) is 16.9 Å². The van der Waals surface area contributed by atoms with Gasteiger partial charge in [-0.2, -0.15) is 0 Å². The average molecular weight is 267 g/mol. The smallest absolute Gasteiger partial charge is 0.865 e. The van der Waals surface area contributed by atoms with Crippen LogP contribution in [0.3, 0.4) is 0 Å². The molecule has 1 aliphatic heterocycles. The van der Waals surface area contributed by atoms with Gasteiger partial charge in [0.1, 0.15) is 11.9 Å². The molecule has 0 radical (unpaired) electrons. The normalized spacial score (nSPS) is 18.9. The molecule has 0 spiro atoms. The van der Waals surface area contributed by atoms with Gasteiger partial charge < -0.3 is 35.3 Å². The molecule has 0 amide bonds. The number of esters is 1. The van der Waals surface area contributed by atoms with Crippen molar-refractivity contribution in [2.75, 3.05) is 6.61 Å². The molecule has 0 aromatic rings. The van der Waals surface area contributed by atoms with Crippen molar-refractivity contribution >= 4 is 5.97 Å². The molecule has 1 aliphatic rings. The van der Waals surface area contributed by atoms with E-state index in [0.29, 0.717) is 0 Å². The number of carbonyl (C=O) groups is 1. The minimum absolute atomic E-state index is 0. The zero-order chi connectivity index (χ0) is 12.0. The van der Waals surface area contributed by atoms with E-state index in [9.17, 15) is 9.90 Å². The van der Waals surface area contributed by atoms with Crippen LogP contribution >= 0.6 is 0 Å². The minimum Gasteiger partial charge on any atom is -0.865 e. The molecule has 0 bridgehead atoms. The van der Waals surface area contributed by atoms with E-state index in [-0.39, 0.29) is 59.1 Å². The van der Waals surface area contributed by atoms with Gasteiger partial charge in [0.15, 0.2) is 6.10 Å². The van der Waals surface area contributed by atoms with Gasteiger partial charge in [-0.25, -0.2) is 4.79 Å². The van der Waals surface area contributed by atoms with Gasteiger partial charge in [-0.1, -0.05) is 0 Å². The SMILES string of the molecule is O=C1O[C@H]([C@@H](O)CO)C(O)=C1[O-].O=N[O-].[Na+].[Na+]. The maximum absolute atomic E-state index is 10.6. The number of nitrogens with zero attached hydrogens (tertiary/aromatic N) is 1. The fourth-order valence-corrected chi connectivity index (χ4v) is 0.815. The Kier molecular flexibility index (Phi) is 14.8. The third kappa shape index (κ3) is 6.58. The molecule has 17 heavy (non-hydrogen) atoms. The average Bonchev–Trinajstić information content (AvgIpc) is 2.46. The maximum Gasteiger partial charge on any atom is 1.00 e. The Balaban J connectivity index is -0.000000356. The zero-order valence-electron chi connectivity index (χ0n) is 9.19. The number of cyclic esters (lactones) is 1. The summed E-state index contributed by atoms with van der Waals surface area (Å²) in [6.07, 6.45) is -2.88. The fourth-order valence-electron chi connectivity index (χ4n) is 0.815. The maximum atomic E-state index is 10.6. The first-order valence-electron chi connectivity index (χ1n) is 3.54. The van der Waals surface area contributed by atoms with Crippen molar-refractivity contribution in [3.8, 4) is 0 Å². The van der Waals surface area contributed by atoms with E-state index in [0.717, 1.165) is 5.34 Å². The van der Waals surface area contributed by atoms with Crippen molar-refractivity contribution in [2.24, 2.45) is 5.34 Å². The predicted molar refractivity (Wildman–Crippen MR) is 41.8 cm³/mol. The zero-order valence-corrected chi connectivity index (χ0v) is 13.2. The van der Waals surface area contributed by atoms with E-state index in [1.165, 1.54) is 0 Å². The molecule has 0 fully saturated rings. The first kappa shape index (κ1) is 22.3. The molecule has 9 nitrogen and oxygen atoms in total. The first-order chi connectivity index (χ1) is 6.99. The molecule has 2 atom stereocenters. The monoisotopic (exact) mass is 267 g/mol.